The number of nitrogens with zero attached hydrogens (tertiary/aromatic N) is 2. The Balaban J connectivity index is 1.94. The summed E-state index contributed by atoms with van der Waals surface area (Å²) in [5.41, 5.74) is 3.52. The van der Waals surface area contributed by atoms with E-state index in [9.17, 15) is 4.79 Å². The van der Waals surface area contributed by atoms with Crippen molar-refractivity contribution in [3.05, 3.63) is 82.5 Å². The third-order valence-corrected chi connectivity index (χ3v) is 4.37. The average molecular weight is 304 g/mol. The van der Waals surface area contributed by atoms with Gasteiger partial charge in [-0.15, -0.1) is 11.3 Å². The highest BCUT2D eigenvalue weighted by atomic mass is 32.1. The van der Waals surface area contributed by atoms with E-state index in [4.69, 9.17) is 0 Å². The molecular formula is C18H12N2OS. The molecule has 0 amide bonds. The summed E-state index contributed by atoms with van der Waals surface area (Å²) < 4.78 is 1.67. The second kappa shape index (κ2) is 5.24. The summed E-state index contributed by atoms with van der Waals surface area (Å²) in [6, 6.07) is 21.3. The van der Waals surface area contributed by atoms with Gasteiger partial charge in [-0.05, 0) is 5.56 Å². The van der Waals surface area contributed by atoms with Crippen molar-refractivity contribution in [3.63, 3.8) is 0 Å². The molecule has 2 heterocycles. The molecule has 0 unspecified atom stereocenters. The summed E-state index contributed by atoms with van der Waals surface area (Å²) in [6.07, 6.45) is 0. The van der Waals surface area contributed by atoms with E-state index in [0.717, 1.165) is 16.8 Å². The highest BCUT2D eigenvalue weighted by Gasteiger charge is 2.11. The maximum absolute atomic E-state index is 12.6. The molecule has 0 N–H and O–H groups in total. The quantitative estimate of drug-likeness (QED) is 0.559. The van der Waals surface area contributed by atoms with Crippen LogP contribution in [0.2, 0.25) is 0 Å². The molecule has 106 valence electrons. The van der Waals surface area contributed by atoms with Crippen molar-refractivity contribution in [2.24, 2.45) is 0 Å². The van der Waals surface area contributed by atoms with Crippen LogP contribution < -0.4 is 5.56 Å². The van der Waals surface area contributed by atoms with Gasteiger partial charge in [0.1, 0.15) is 0 Å². The van der Waals surface area contributed by atoms with Crippen molar-refractivity contribution in [3.8, 4) is 22.5 Å². The lowest BCUT2D eigenvalue weighted by molar-refractivity contribution is 1.09. The van der Waals surface area contributed by atoms with Gasteiger partial charge in [-0.25, -0.2) is 4.98 Å². The fourth-order valence-corrected chi connectivity index (χ4v) is 3.39. The van der Waals surface area contributed by atoms with Gasteiger partial charge in [0.25, 0.3) is 5.56 Å². The fourth-order valence-electron chi connectivity index (χ4n) is 2.49. The van der Waals surface area contributed by atoms with Crippen LogP contribution in [0.4, 0.5) is 0 Å². The number of rotatable bonds is 2. The molecule has 0 radical (unpaired) electrons. The first kappa shape index (κ1) is 13.0. The molecule has 0 saturated carbocycles. The number of fused-ring (bicyclic) bond motifs is 1. The Bertz CT molecular complexity index is 988. The summed E-state index contributed by atoms with van der Waals surface area (Å²) in [7, 11) is 0. The van der Waals surface area contributed by atoms with Crippen molar-refractivity contribution in [1.82, 2.24) is 9.38 Å². The predicted octanol–water partition coefficient (Wildman–Crippen LogP) is 4.09. The third kappa shape index (κ3) is 2.14. The molecule has 0 aliphatic rings. The van der Waals surface area contributed by atoms with Gasteiger partial charge in [0.15, 0.2) is 4.96 Å². The minimum Gasteiger partial charge on any atom is -0.269 e. The standard InChI is InChI=1S/C18H12N2OS/c21-17-11-15(13-7-3-1-4-8-13)19-18-20(17)16(12-22-18)14-9-5-2-6-10-14/h1-12H. The zero-order chi connectivity index (χ0) is 14.9. The second-order valence-corrected chi connectivity index (χ2v) is 5.79. The van der Waals surface area contributed by atoms with Gasteiger partial charge in [-0.3, -0.25) is 9.20 Å². The molecule has 0 fully saturated rings. The average Bonchev–Trinajstić information content (AvgIpc) is 3.01. The Morgan fingerprint density at radius 1 is 0.864 bits per heavy atom. The topological polar surface area (TPSA) is 34.4 Å². The Morgan fingerprint density at radius 2 is 1.50 bits per heavy atom. The van der Waals surface area contributed by atoms with Crippen LogP contribution in [-0.4, -0.2) is 9.38 Å². The molecular weight excluding hydrogens is 292 g/mol. The Kier molecular flexibility index (Phi) is 3.09. The van der Waals surface area contributed by atoms with Crippen LogP contribution in [0.1, 0.15) is 0 Å². The molecule has 0 aliphatic carbocycles. The molecule has 0 atom stereocenters. The van der Waals surface area contributed by atoms with Gasteiger partial charge >= 0.3 is 0 Å². The molecule has 3 nitrogen and oxygen atoms in total. The molecule has 0 saturated heterocycles. The van der Waals surface area contributed by atoms with Crippen LogP contribution >= 0.6 is 11.3 Å². The smallest absolute Gasteiger partial charge is 0.259 e. The highest BCUT2D eigenvalue weighted by molar-refractivity contribution is 7.15. The first-order chi connectivity index (χ1) is 10.8. The van der Waals surface area contributed by atoms with Gasteiger partial charge in [-0.1, -0.05) is 60.7 Å². The second-order valence-electron chi connectivity index (χ2n) is 4.95. The van der Waals surface area contributed by atoms with Gasteiger partial charge in [0.05, 0.1) is 11.4 Å². The van der Waals surface area contributed by atoms with Crippen molar-refractivity contribution in [2.45, 2.75) is 0 Å². The van der Waals surface area contributed by atoms with Gasteiger partial charge in [-0.2, -0.15) is 0 Å². The SMILES string of the molecule is O=c1cc(-c2ccccc2)nc2scc(-c3ccccc3)n12. The Morgan fingerprint density at radius 3 is 2.18 bits per heavy atom. The van der Waals surface area contributed by atoms with Crippen LogP contribution in [0.25, 0.3) is 27.5 Å². The first-order valence-corrected chi connectivity index (χ1v) is 7.83. The van der Waals surface area contributed by atoms with E-state index in [0.29, 0.717) is 10.7 Å². The monoisotopic (exact) mass is 304 g/mol. The van der Waals surface area contributed by atoms with E-state index >= 15 is 0 Å². The first-order valence-electron chi connectivity index (χ1n) is 6.95. The van der Waals surface area contributed by atoms with Crippen molar-refractivity contribution >= 4 is 16.3 Å². The highest BCUT2D eigenvalue weighted by Crippen LogP contribution is 2.25. The van der Waals surface area contributed by atoms with E-state index in [2.05, 4.69) is 4.98 Å². The summed E-state index contributed by atoms with van der Waals surface area (Å²) in [4.78, 5) is 17.9. The summed E-state index contributed by atoms with van der Waals surface area (Å²) in [5.74, 6) is 0. The van der Waals surface area contributed by atoms with Crippen LogP contribution in [0, 0.1) is 0 Å². The number of aromatic nitrogens is 2. The van der Waals surface area contributed by atoms with Crippen molar-refractivity contribution in [1.29, 1.82) is 0 Å². The maximum Gasteiger partial charge on any atom is 0.259 e. The fraction of sp³-hybridized carbons (Fsp3) is 0. The lowest BCUT2D eigenvalue weighted by Gasteiger charge is -2.03. The molecule has 0 spiro atoms. The molecule has 0 aliphatic heterocycles. The molecule has 4 heteroatoms. The van der Waals surface area contributed by atoms with E-state index < -0.39 is 0 Å². The maximum atomic E-state index is 12.6. The summed E-state index contributed by atoms with van der Waals surface area (Å²) in [6.45, 7) is 0. The largest absolute Gasteiger partial charge is 0.269 e. The molecule has 2 aromatic heterocycles. The van der Waals surface area contributed by atoms with Crippen molar-refractivity contribution < 1.29 is 0 Å². The number of hydrogen-bond donors (Lipinski definition) is 0. The number of hydrogen-bond acceptors (Lipinski definition) is 3. The molecule has 4 aromatic rings. The molecule has 22 heavy (non-hydrogen) atoms. The van der Waals surface area contributed by atoms with Gasteiger partial charge in [0, 0.05) is 17.0 Å². The Labute approximate surface area is 131 Å². The van der Waals surface area contributed by atoms with Crippen LogP contribution in [0.15, 0.2) is 76.9 Å². The normalized spacial score (nSPS) is 10.9. The van der Waals surface area contributed by atoms with E-state index in [1.54, 1.807) is 10.5 Å². The van der Waals surface area contributed by atoms with Crippen LogP contribution in [0.5, 0.6) is 0 Å². The predicted molar refractivity (Wildman–Crippen MR) is 90.2 cm³/mol. The van der Waals surface area contributed by atoms with Crippen LogP contribution in [0.3, 0.4) is 0 Å². The van der Waals surface area contributed by atoms with Crippen LogP contribution in [-0.2, 0) is 0 Å². The van der Waals surface area contributed by atoms with Crippen molar-refractivity contribution in [2.75, 3.05) is 0 Å². The van der Waals surface area contributed by atoms with E-state index in [1.807, 2.05) is 66.0 Å². The minimum atomic E-state index is -0.0519. The number of thiazole rings is 1. The zero-order valence-corrected chi connectivity index (χ0v) is 12.5. The molecule has 2 aromatic carbocycles. The molecule has 0 bridgehead atoms. The minimum absolute atomic E-state index is 0.0519. The van der Waals surface area contributed by atoms with Gasteiger partial charge in [0.2, 0.25) is 0 Å². The summed E-state index contributed by atoms with van der Waals surface area (Å²) >= 11 is 1.48. The van der Waals surface area contributed by atoms with E-state index in [1.165, 1.54) is 11.3 Å². The molecule has 4 rings (SSSR count). The lowest BCUT2D eigenvalue weighted by Crippen LogP contribution is -2.13. The van der Waals surface area contributed by atoms with Gasteiger partial charge < -0.3 is 0 Å². The lowest BCUT2D eigenvalue weighted by atomic mass is 10.1. The third-order valence-electron chi connectivity index (χ3n) is 3.54. The Hall–Kier alpha value is -2.72. The summed E-state index contributed by atoms with van der Waals surface area (Å²) in [5, 5.41) is 1.98. The zero-order valence-electron chi connectivity index (χ0n) is 11.6. The number of benzene rings is 2. The van der Waals surface area contributed by atoms with E-state index in [-0.39, 0.29) is 5.56 Å².